The van der Waals surface area contributed by atoms with E-state index in [2.05, 4.69) is 17.5 Å². The first kappa shape index (κ1) is 18.6. The first-order valence-corrected chi connectivity index (χ1v) is 9.29. The van der Waals surface area contributed by atoms with Crippen LogP contribution in [0.2, 0.25) is 0 Å². The molecule has 4 heteroatoms. The molecule has 27 heavy (non-hydrogen) atoms. The van der Waals surface area contributed by atoms with Crippen molar-refractivity contribution in [2.45, 2.75) is 26.2 Å². The maximum atomic E-state index is 12.2. The number of carbonyl (C=O) groups is 1. The molecule has 0 atom stereocenters. The third kappa shape index (κ3) is 5.17. The molecule has 0 saturated heterocycles. The molecule has 0 aliphatic rings. The van der Waals surface area contributed by atoms with Gasteiger partial charge in [-0.1, -0.05) is 80.1 Å². The summed E-state index contributed by atoms with van der Waals surface area (Å²) in [6, 6.07) is 23.7. The van der Waals surface area contributed by atoms with Crippen LogP contribution in [-0.2, 0) is 4.79 Å². The van der Waals surface area contributed by atoms with Crippen LogP contribution in [0.3, 0.4) is 0 Å². The average Bonchev–Trinajstić information content (AvgIpc) is 2.73. The predicted octanol–water partition coefficient (Wildman–Crippen LogP) is 4.93. The van der Waals surface area contributed by atoms with Crippen molar-refractivity contribution >= 4 is 22.4 Å². The monoisotopic (exact) mass is 360 g/mol. The van der Waals surface area contributed by atoms with Crippen molar-refractivity contribution in [2.24, 2.45) is 5.10 Å². The fourth-order valence-corrected chi connectivity index (χ4v) is 2.87. The van der Waals surface area contributed by atoms with E-state index in [0.29, 0.717) is 5.75 Å². The van der Waals surface area contributed by atoms with Gasteiger partial charge in [0, 0.05) is 5.39 Å². The molecule has 3 aromatic carbocycles. The molecule has 4 nitrogen and oxygen atoms in total. The van der Waals surface area contributed by atoms with E-state index in [-0.39, 0.29) is 12.5 Å². The minimum Gasteiger partial charge on any atom is -0.483 e. The van der Waals surface area contributed by atoms with Gasteiger partial charge in [-0.05, 0) is 29.9 Å². The summed E-state index contributed by atoms with van der Waals surface area (Å²) in [5.41, 5.74) is 4.55. The van der Waals surface area contributed by atoms with Gasteiger partial charge in [0.2, 0.25) is 0 Å². The Kier molecular flexibility index (Phi) is 6.58. The normalized spacial score (nSPS) is 11.4. The molecular formula is C23H24N2O2. The minimum atomic E-state index is -0.270. The summed E-state index contributed by atoms with van der Waals surface area (Å²) in [7, 11) is 0. The lowest BCUT2D eigenvalue weighted by molar-refractivity contribution is -0.123. The zero-order valence-corrected chi connectivity index (χ0v) is 15.5. The largest absolute Gasteiger partial charge is 0.483 e. The Hall–Kier alpha value is -3.14. The molecule has 1 N–H and O–H groups in total. The maximum absolute atomic E-state index is 12.2. The number of amides is 1. The molecule has 0 aliphatic heterocycles. The fraction of sp³-hybridized carbons (Fsp3) is 0.217. The van der Waals surface area contributed by atoms with Crippen molar-refractivity contribution in [3.8, 4) is 5.75 Å². The third-order valence-corrected chi connectivity index (χ3v) is 4.30. The van der Waals surface area contributed by atoms with Crippen LogP contribution in [0.1, 0.15) is 31.7 Å². The first-order chi connectivity index (χ1) is 13.3. The molecule has 0 heterocycles. The van der Waals surface area contributed by atoms with E-state index in [1.54, 1.807) is 0 Å². The van der Waals surface area contributed by atoms with Gasteiger partial charge in [-0.25, -0.2) is 5.43 Å². The number of carbonyl (C=O) groups excluding carboxylic acids is 1. The number of nitrogens with zero attached hydrogens (tertiary/aromatic N) is 1. The van der Waals surface area contributed by atoms with Gasteiger partial charge in [0.25, 0.3) is 5.91 Å². The van der Waals surface area contributed by atoms with Crippen molar-refractivity contribution in [1.29, 1.82) is 0 Å². The van der Waals surface area contributed by atoms with Gasteiger partial charge in [-0.3, -0.25) is 4.79 Å². The van der Waals surface area contributed by atoms with Gasteiger partial charge in [-0.15, -0.1) is 0 Å². The molecule has 0 fully saturated rings. The van der Waals surface area contributed by atoms with Gasteiger partial charge >= 0.3 is 0 Å². The van der Waals surface area contributed by atoms with Crippen molar-refractivity contribution in [2.75, 3.05) is 6.61 Å². The number of benzene rings is 3. The summed E-state index contributed by atoms with van der Waals surface area (Å²) in [5, 5.41) is 6.42. The lowest BCUT2D eigenvalue weighted by atomic mass is 10.1. The lowest BCUT2D eigenvalue weighted by Gasteiger charge is -2.10. The van der Waals surface area contributed by atoms with E-state index >= 15 is 0 Å². The summed E-state index contributed by atoms with van der Waals surface area (Å²) in [6.07, 6.45) is 2.92. The van der Waals surface area contributed by atoms with E-state index in [0.717, 1.165) is 41.3 Å². The Labute approximate surface area is 159 Å². The highest BCUT2D eigenvalue weighted by molar-refractivity contribution is 6.01. The molecule has 3 aromatic rings. The zero-order chi connectivity index (χ0) is 18.9. The van der Waals surface area contributed by atoms with Crippen LogP contribution < -0.4 is 10.2 Å². The Morgan fingerprint density at radius 1 is 0.963 bits per heavy atom. The van der Waals surface area contributed by atoms with Gasteiger partial charge in [0.1, 0.15) is 5.75 Å². The highest BCUT2D eigenvalue weighted by atomic mass is 16.5. The SMILES string of the molecule is CCCCC(=NNC(=O)COc1cccc2ccccc12)c1ccccc1. The van der Waals surface area contributed by atoms with Crippen LogP contribution in [0.5, 0.6) is 5.75 Å². The van der Waals surface area contributed by atoms with Crippen molar-refractivity contribution in [3.05, 3.63) is 78.4 Å². The highest BCUT2D eigenvalue weighted by Crippen LogP contribution is 2.24. The van der Waals surface area contributed by atoms with Crippen LogP contribution in [0.4, 0.5) is 0 Å². The van der Waals surface area contributed by atoms with Crippen molar-refractivity contribution in [1.82, 2.24) is 5.43 Å². The number of unbranched alkanes of at least 4 members (excludes halogenated alkanes) is 1. The zero-order valence-electron chi connectivity index (χ0n) is 15.5. The van der Waals surface area contributed by atoms with E-state index in [4.69, 9.17) is 4.74 Å². The minimum absolute atomic E-state index is 0.0760. The lowest BCUT2D eigenvalue weighted by Crippen LogP contribution is -2.26. The number of ether oxygens (including phenoxy) is 1. The van der Waals surface area contributed by atoms with E-state index in [1.165, 1.54) is 0 Å². The highest BCUT2D eigenvalue weighted by Gasteiger charge is 2.07. The second-order valence-electron chi connectivity index (χ2n) is 6.33. The Morgan fingerprint density at radius 2 is 1.70 bits per heavy atom. The summed E-state index contributed by atoms with van der Waals surface area (Å²) in [5.74, 6) is 0.425. The smallest absolute Gasteiger partial charge is 0.277 e. The van der Waals surface area contributed by atoms with Crippen LogP contribution in [0.25, 0.3) is 10.8 Å². The Morgan fingerprint density at radius 3 is 2.52 bits per heavy atom. The van der Waals surface area contributed by atoms with E-state index in [9.17, 15) is 4.79 Å². The topological polar surface area (TPSA) is 50.7 Å². The molecular weight excluding hydrogens is 336 g/mol. The van der Waals surface area contributed by atoms with Crippen LogP contribution in [-0.4, -0.2) is 18.2 Å². The number of hydrazone groups is 1. The number of hydrogen-bond acceptors (Lipinski definition) is 3. The Bertz CT molecular complexity index is 915. The molecule has 138 valence electrons. The molecule has 1 amide bonds. The molecule has 3 rings (SSSR count). The maximum Gasteiger partial charge on any atom is 0.277 e. The number of rotatable bonds is 8. The third-order valence-electron chi connectivity index (χ3n) is 4.30. The summed E-state index contributed by atoms with van der Waals surface area (Å²) < 4.78 is 5.72. The number of nitrogens with one attached hydrogen (secondary N) is 1. The quantitative estimate of drug-likeness (QED) is 0.457. The second-order valence-corrected chi connectivity index (χ2v) is 6.33. The van der Waals surface area contributed by atoms with Crippen LogP contribution >= 0.6 is 0 Å². The molecule has 0 spiro atoms. The summed E-state index contributed by atoms with van der Waals surface area (Å²) in [4.78, 5) is 12.2. The van der Waals surface area contributed by atoms with E-state index in [1.807, 2.05) is 72.8 Å². The fourth-order valence-electron chi connectivity index (χ4n) is 2.87. The molecule has 0 aromatic heterocycles. The van der Waals surface area contributed by atoms with Crippen molar-refractivity contribution < 1.29 is 9.53 Å². The molecule has 0 saturated carbocycles. The second kappa shape index (κ2) is 9.53. The molecule has 0 unspecified atom stereocenters. The van der Waals surface area contributed by atoms with E-state index < -0.39 is 0 Å². The van der Waals surface area contributed by atoms with Gasteiger partial charge in [0.15, 0.2) is 6.61 Å². The van der Waals surface area contributed by atoms with Gasteiger partial charge in [0.05, 0.1) is 5.71 Å². The average molecular weight is 360 g/mol. The van der Waals surface area contributed by atoms with Crippen molar-refractivity contribution in [3.63, 3.8) is 0 Å². The van der Waals surface area contributed by atoms with Gasteiger partial charge in [-0.2, -0.15) is 5.10 Å². The van der Waals surface area contributed by atoms with Crippen LogP contribution in [0, 0.1) is 0 Å². The first-order valence-electron chi connectivity index (χ1n) is 9.29. The molecule has 0 aliphatic carbocycles. The standard InChI is InChI=1S/C23H24N2O2/c1-2-3-15-21(19-11-5-4-6-12-19)24-25-23(26)17-27-22-16-9-13-18-10-7-8-14-20(18)22/h4-14,16H,2-3,15,17H2,1H3,(H,25,26). The number of fused-ring (bicyclic) bond motifs is 1. The summed E-state index contributed by atoms with van der Waals surface area (Å²) in [6.45, 7) is 2.06. The number of hydrogen-bond donors (Lipinski definition) is 1. The summed E-state index contributed by atoms with van der Waals surface area (Å²) >= 11 is 0. The molecule has 0 bridgehead atoms. The predicted molar refractivity (Wildman–Crippen MR) is 110 cm³/mol. The molecule has 0 radical (unpaired) electrons. The van der Waals surface area contributed by atoms with Gasteiger partial charge < -0.3 is 4.74 Å². The van der Waals surface area contributed by atoms with Crippen LogP contribution in [0.15, 0.2) is 77.9 Å². The Balaban J connectivity index is 1.64.